The molecule has 1 N–H and O–H groups in total. The van der Waals surface area contributed by atoms with E-state index in [1.807, 2.05) is 11.8 Å². The molecule has 1 heterocycles. The zero-order valence-electron chi connectivity index (χ0n) is 11.9. The molecule has 21 heavy (non-hydrogen) atoms. The zero-order chi connectivity index (χ0) is 15.5. The van der Waals surface area contributed by atoms with Gasteiger partial charge >= 0.3 is 6.18 Å². The molecule has 1 aromatic rings. The second kappa shape index (κ2) is 6.37. The number of likely N-dealkylation sites (tertiary alicyclic amines) is 1. The van der Waals surface area contributed by atoms with Crippen LogP contribution in [-0.4, -0.2) is 29.9 Å². The summed E-state index contributed by atoms with van der Waals surface area (Å²) in [6, 6.07) is 4.94. The number of piperidine rings is 1. The Labute approximate surface area is 122 Å². The Balaban J connectivity index is 1.89. The summed E-state index contributed by atoms with van der Waals surface area (Å²) in [5.41, 5.74) is -0.176. The van der Waals surface area contributed by atoms with Crippen LogP contribution < -0.4 is 5.32 Å². The van der Waals surface area contributed by atoms with Crippen LogP contribution in [0.3, 0.4) is 0 Å². The van der Waals surface area contributed by atoms with Crippen LogP contribution in [0.2, 0.25) is 0 Å². The minimum atomic E-state index is -4.34. The van der Waals surface area contributed by atoms with Crippen LogP contribution in [0.1, 0.15) is 31.7 Å². The first kappa shape index (κ1) is 15.7. The summed E-state index contributed by atoms with van der Waals surface area (Å²) >= 11 is 0. The summed E-state index contributed by atoms with van der Waals surface area (Å²) in [5.74, 6) is -0.0119. The largest absolute Gasteiger partial charge is 0.416 e. The molecule has 1 amide bonds. The van der Waals surface area contributed by atoms with E-state index in [-0.39, 0.29) is 18.5 Å². The summed E-state index contributed by atoms with van der Waals surface area (Å²) in [6.07, 6.45) is -1.18. The molecule has 0 aliphatic carbocycles. The van der Waals surface area contributed by atoms with Crippen molar-refractivity contribution in [2.24, 2.45) is 0 Å². The third kappa shape index (κ3) is 4.12. The van der Waals surface area contributed by atoms with Crippen LogP contribution in [0.5, 0.6) is 0 Å². The third-order valence-electron chi connectivity index (χ3n) is 3.78. The highest BCUT2D eigenvalue weighted by Crippen LogP contribution is 2.29. The molecule has 0 spiro atoms. The molecule has 1 unspecified atom stereocenters. The topological polar surface area (TPSA) is 32.3 Å². The Hall–Kier alpha value is -1.72. The number of rotatable bonds is 3. The van der Waals surface area contributed by atoms with Crippen LogP contribution in [-0.2, 0) is 11.0 Å². The first-order valence-corrected chi connectivity index (χ1v) is 7.08. The SMILES string of the molecule is CC1CCCCN1C(=O)CNc1ccc(C(F)(F)F)cc1. The van der Waals surface area contributed by atoms with E-state index in [0.717, 1.165) is 37.9 Å². The maximum absolute atomic E-state index is 12.4. The number of carbonyl (C=O) groups is 1. The molecule has 1 saturated heterocycles. The van der Waals surface area contributed by atoms with E-state index in [2.05, 4.69) is 5.32 Å². The normalized spacial score (nSPS) is 19.4. The smallest absolute Gasteiger partial charge is 0.376 e. The van der Waals surface area contributed by atoms with Gasteiger partial charge in [-0.05, 0) is 50.5 Å². The molecule has 1 aliphatic rings. The number of benzene rings is 1. The Kier molecular flexibility index (Phi) is 4.75. The average Bonchev–Trinajstić information content (AvgIpc) is 2.45. The van der Waals surface area contributed by atoms with Crippen molar-refractivity contribution in [3.05, 3.63) is 29.8 Å². The number of halogens is 3. The fourth-order valence-corrected chi connectivity index (χ4v) is 2.52. The highest BCUT2D eigenvalue weighted by molar-refractivity contribution is 5.81. The van der Waals surface area contributed by atoms with E-state index < -0.39 is 11.7 Å². The summed E-state index contributed by atoms with van der Waals surface area (Å²) in [7, 11) is 0. The second-order valence-corrected chi connectivity index (χ2v) is 5.36. The Bertz CT molecular complexity index is 485. The molecule has 1 atom stereocenters. The second-order valence-electron chi connectivity index (χ2n) is 5.36. The molecule has 1 aliphatic heterocycles. The van der Waals surface area contributed by atoms with Gasteiger partial charge in [0, 0.05) is 18.3 Å². The number of carbonyl (C=O) groups excluding carboxylic acids is 1. The van der Waals surface area contributed by atoms with Gasteiger partial charge in [-0.1, -0.05) is 0 Å². The number of nitrogens with one attached hydrogen (secondary N) is 1. The lowest BCUT2D eigenvalue weighted by Crippen LogP contribution is -2.44. The van der Waals surface area contributed by atoms with Gasteiger partial charge in [0.15, 0.2) is 0 Å². The Morgan fingerprint density at radius 2 is 1.95 bits per heavy atom. The summed E-state index contributed by atoms with van der Waals surface area (Å²) in [6.45, 7) is 2.89. The van der Waals surface area contributed by atoms with Crippen LogP contribution >= 0.6 is 0 Å². The molecule has 0 aromatic heterocycles. The number of hydrogen-bond donors (Lipinski definition) is 1. The number of amides is 1. The van der Waals surface area contributed by atoms with E-state index in [1.165, 1.54) is 12.1 Å². The summed E-state index contributed by atoms with van der Waals surface area (Å²) in [5, 5.41) is 2.88. The maximum Gasteiger partial charge on any atom is 0.416 e. The van der Waals surface area contributed by atoms with Crippen LogP contribution in [0, 0.1) is 0 Å². The molecule has 2 rings (SSSR count). The standard InChI is InChI=1S/C15H19F3N2O/c1-11-4-2-3-9-20(11)14(21)10-19-13-7-5-12(6-8-13)15(16,17)18/h5-8,11,19H,2-4,9-10H2,1H3. The van der Waals surface area contributed by atoms with Crippen molar-refractivity contribution in [3.63, 3.8) is 0 Å². The lowest BCUT2D eigenvalue weighted by atomic mass is 10.0. The molecule has 0 radical (unpaired) electrons. The van der Waals surface area contributed by atoms with Crippen LogP contribution in [0.15, 0.2) is 24.3 Å². The Morgan fingerprint density at radius 3 is 2.52 bits per heavy atom. The number of alkyl halides is 3. The highest BCUT2D eigenvalue weighted by atomic mass is 19.4. The van der Waals surface area contributed by atoms with Gasteiger partial charge < -0.3 is 10.2 Å². The van der Waals surface area contributed by atoms with Gasteiger partial charge in [0.1, 0.15) is 0 Å². The fourth-order valence-electron chi connectivity index (χ4n) is 2.52. The first-order valence-electron chi connectivity index (χ1n) is 7.08. The highest BCUT2D eigenvalue weighted by Gasteiger charge is 2.30. The van der Waals surface area contributed by atoms with Crippen molar-refractivity contribution in [2.45, 2.75) is 38.4 Å². The third-order valence-corrected chi connectivity index (χ3v) is 3.78. The van der Waals surface area contributed by atoms with Gasteiger partial charge in [-0.15, -0.1) is 0 Å². The molecular weight excluding hydrogens is 281 g/mol. The fraction of sp³-hybridized carbons (Fsp3) is 0.533. The molecule has 116 valence electrons. The zero-order valence-corrected chi connectivity index (χ0v) is 11.9. The number of hydrogen-bond acceptors (Lipinski definition) is 2. The lowest BCUT2D eigenvalue weighted by molar-refractivity contribution is -0.137. The van der Waals surface area contributed by atoms with Crippen molar-refractivity contribution in [1.82, 2.24) is 4.90 Å². The van der Waals surface area contributed by atoms with E-state index in [1.54, 1.807) is 0 Å². The van der Waals surface area contributed by atoms with Gasteiger partial charge in [0.25, 0.3) is 0 Å². The van der Waals surface area contributed by atoms with Crippen molar-refractivity contribution in [2.75, 3.05) is 18.4 Å². The van der Waals surface area contributed by atoms with Crippen LogP contribution in [0.25, 0.3) is 0 Å². The first-order chi connectivity index (χ1) is 9.88. The van der Waals surface area contributed by atoms with E-state index in [9.17, 15) is 18.0 Å². The van der Waals surface area contributed by atoms with Gasteiger partial charge in [-0.25, -0.2) is 0 Å². The number of anilines is 1. The minimum absolute atomic E-state index is 0.0119. The summed E-state index contributed by atoms with van der Waals surface area (Å²) < 4.78 is 37.3. The quantitative estimate of drug-likeness (QED) is 0.926. The van der Waals surface area contributed by atoms with E-state index >= 15 is 0 Å². The van der Waals surface area contributed by atoms with Crippen molar-refractivity contribution in [1.29, 1.82) is 0 Å². The maximum atomic E-state index is 12.4. The van der Waals surface area contributed by atoms with Crippen molar-refractivity contribution < 1.29 is 18.0 Å². The predicted molar refractivity (Wildman–Crippen MR) is 75.0 cm³/mol. The van der Waals surface area contributed by atoms with Gasteiger partial charge in [-0.3, -0.25) is 4.79 Å². The molecular formula is C15H19F3N2O. The van der Waals surface area contributed by atoms with Gasteiger partial charge in [-0.2, -0.15) is 13.2 Å². The minimum Gasteiger partial charge on any atom is -0.376 e. The monoisotopic (exact) mass is 300 g/mol. The molecule has 0 bridgehead atoms. The van der Waals surface area contributed by atoms with Crippen molar-refractivity contribution >= 4 is 11.6 Å². The molecule has 1 fully saturated rings. The Morgan fingerprint density at radius 1 is 1.29 bits per heavy atom. The lowest BCUT2D eigenvalue weighted by Gasteiger charge is -2.33. The summed E-state index contributed by atoms with van der Waals surface area (Å²) in [4.78, 5) is 13.9. The molecule has 0 saturated carbocycles. The van der Waals surface area contributed by atoms with Gasteiger partial charge in [0.05, 0.1) is 12.1 Å². The predicted octanol–water partition coefficient (Wildman–Crippen LogP) is 3.52. The van der Waals surface area contributed by atoms with Crippen LogP contribution in [0.4, 0.5) is 18.9 Å². The van der Waals surface area contributed by atoms with Crippen molar-refractivity contribution in [3.8, 4) is 0 Å². The van der Waals surface area contributed by atoms with E-state index in [4.69, 9.17) is 0 Å². The van der Waals surface area contributed by atoms with E-state index in [0.29, 0.717) is 5.69 Å². The number of nitrogens with zero attached hydrogens (tertiary/aromatic N) is 1. The van der Waals surface area contributed by atoms with Gasteiger partial charge in [0.2, 0.25) is 5.91 Å². The molecule has 3 nitrogen and oxygen atoms in total. The average molecular weight is 300 g/mol. The molecule has 1 aromatic carbocycles. The molecule has 6 heteroatoms.